The molecule has 0 aliphatic rings. The summed E-state index contributed by atoms with van der Waals surface area (Å²) >= 11 is 0. The third-order valence-electron chi connectivity index (χ3n) is 3.72. The summed E-state index contributed by atoms with van der Waals surface area (Å²) in [4.78, 5) is 14.6. The van der Waals surface area contributed by atoms with Gasteiger partial charge < -0.3 is 4.84 Å². The molecule has 0 saturated heterocycles. The second-order valence-corrected chi connectivity index (χ2v) is 5.30. The van der Waals surface area contributed by atoms with Crippen molar-refractivity contribution in [2.24, 2.45) is 0 Å². The van der Waals surface area contributed by atoms with Gasteiger partial charge in [0.05, 0.1) is 5.52 Å². The summed E-state index contributed by atoms with van der Waals surface area (Å²) in [7, 11) is 0. The minimum Gasteiger partial charge on any atom is -0.373 e. The summed E-state index contributed by atoms with van der Waals surface area (Å²) in [6.07, 6.45) is 3.59. The summed E-state index contributed by atoms with van der Waals surface area (Å²) in [5, 5.41) is 0. The molecule has 0 fully saturated rings. The lowest BCUT2D eigenvalue weighted by Gasteiger charge is -2.09. The minimum absolute atomic E-state index is 0.782. The minimum atomic E-state index is 0.782. The monoisotopic (exact) mass is 301 g/mol. The SMILES string of the molecule is Cc1nc2ccc(-c3ccncc3)cc2n1Oc1ccccc1. The van der Waals surface area contributed by atoms with Crippen LogP contribution in [0.15, 0.2) is 73.1 Å². The van der Waals surface area contributed by atoms with Crippen LogP contribution in [0.5, 0.6) is 5.75 Å². The van der Waals surface area contributed by atoms with Crippen LogP contribution in [0.4, 0.5) is 0 Å². The molecule has 0 aliphatic heterocycles. The fourth-order valence-corrected chi connectivity index (χ4v) is 2.60. The topological polar surface area (TPSA) is 39.9 Å². The van der Waals surface area contributed by atoms with Crippen LogP contribution in [0.1, 0.15) is 5.82 Å². The third kappa shape index (κ3) is 2.55. The number of aromatic nitrogens is 3. The van der Waals surface area contributed by atoms with Gasteiger partial charge in [-0.05, 0) is 54.4 Å². The van der Waals surface area contributed by atoms with Crippen molar-refractivity contribution in [3.8, 4) is 16.9 Å². The van der Waals surface area contributed by atoms with E-state index < -0.39 is 0 Å². The Morgan fingerprint density at radius 1 is 0.870 bits per heavy atom. The van der Waals surface area contributed by atoms with Crippen LogP contribution in [-0.4, -0.2) is 14.7 Å². The van der Waals surface area contributed by atoms with Crippen molar-refractivity contribution in [2.75, 3.05) is 0 Å². The largest absolute Gasteiger partial charge is 0.373 e. The molecule has 2 aromatic heterocycles. The second kappa shape index (κ2) is 5.57. The van der Waals surface area contributed by atoms with Crippen LogP contribution in [0.25, 0.3) is 22.2 Å². The Morgan fingerprint density at radius 3 is 2.43 bits per heavy atom. The molecule has 0 spiro atoms. The van der Waals surface area contributed by atoms with E-state index in [4.69, 9.17) is 4.84 Å². The summed E-state index contributed by atoms with van der Waals surface area (Å²) in [6, 6.07) is 19.9. The van der Waals surface area contributed by atoms with Crippen molar-refractivity contribution in [2.45, 2.75) is 6.92 Å². The predicted octanol–water partition coefficient (Wildman–Crippen LogP) is 4.25. The van der Waals surface area contributed by atoms with Crippen molar-refractivity contribution in [3.05, 3.63) is 78.9 Å². The van der Waals surface area contributed by atoms with Crippen LogP contribution in [0, 0.1) is 6.92 Å². The Labute approximate surface area is 134 Å². The molecule has 0 unspecified atom stereocenters. The lowest BCUT2D eigenvalue weighted by molar-refractivity contribution is 0.220. The van der Waals surface area contributed by atoms with Gasteiger partial charge in [-0.15, -0.1) is 0 Å². The maximum Gasteiger partial charge on any atom is 0.155 e. The van der Waals surface area contributed by atoms with Gasteiger partial charge in [0.25, 0.3) is 0 Å². The highest BCUT2D eigenvalue weighted by Gasteiger charge is 2.10. The Kier molecular flexibility index (Phi) is 3.27. The maximum atomic E-state index is 6.00. The van der Waals surface area contributed by atoms with E-state index in [0.29, 0.717) is 0 Å². The van der Waals surface area contributed by atoms with Gasteiger partial charge in [0, 0.05) is 12.4 Å². The predicted molar refractivity (Wildman–Crippen MR) is 90.2 cm³/mol. The van der Waals surface area contributed by atoms with Gasteiger partial charge in [-0.3, -0.25) is 4.98 Å². The number of nitrogens with zero attached hydrogens (tertiary/aromatic N) is 3. The van der Waals surface area contributed by atoms with Gasteiger partial charge in [-0.25, -0.2) is 4.98 Å². The van der Waals surface area contributed by atoms with E-state index in [-0.39, 0.29) is 0 Å². The quantitative estimate of drug-likeness (QED) is 0.568. The van der Waals surface area contributed by atoms with Gasteiger partial charge in [-0.2, -0.15) is 4.73 Å². The van der Waals surface area contributed by atoms with Crippen LogP contribution in [0.3, 0.4) is 0 Å². The van der Waals surface area contributed by atoms with Crippen molar-refractivity contribution in [1.29, 1.82) is 0 Å². The van der Waals surface area contributed by atoms with Crippen molar-refractivity contribution < 1.29 is 4.84 Å². The van der Waals surface area contributed by atoms with Crippen LogP contribution < -0.4 is 4.84 Å². The lowest BCUT2D eigenvalue weighted by atomic mass is 10.1. The van der Waals surface area contributed by atoms with E-state index in [1.165, 1.54) is 0 Å². The van der Waals surface area contributed by atoms with E-state index in [2.05, 4.69) is 22.1 Å². The molecule has 2 heterocycles. The highest BCUT2D eigenvalue weighted by molar-refractivity contribution is 5.82. The van der Waals surface area contributed by atoms with Crippen LogP contribution >= 0.6 is 0 Å². The van der Waals surface area contributed by atoms with Crippen molar-refractivity contribution in [1.82, 2.24) is 14.7 Å². The molecule has 0 saturated carbocycles. The van der Waals surface area contributed by atoms with Gasteiger partial charge in [0.2, 0.25) is 0 Å². The molecule has 23 heavy (non-hydrogen) atoms. The molecule has 0 atom stereocenters. The van der Waals surface area contributed by atoms with Crippen molar-refractivity contribution >= 4 is 11.0 Å². The molecule has 0 aliphatic carbocycles. The van der Waals surface area contributed by atoms with E-state index in [1.54, 1.807) is 17.1 Å². The molecule has 0 radical (unpaired) electrons. The zero-order valence-corrected chi connectivity index (χ0v) is 12.7. The van der Waals surface area contributed by atoms with Crippen molar-refractivity contribution in [3.63, 3.8) is 0 Å². The molecule has 0 N–H and O–H groups in total. The standard InChI is InChI=1S/C19H15N3O/c1-14-21-18-8-7-16(15-9-11-20-12-10-15)13-19(18)22(14)23-17-5-3-2-4-6-17/h2-13H,1H3. The first-order valence-electron chi connectivity index (χ1n) is 7.44. The molecule has 0 amide bonds. The molecule has 4 aromatic rings. The molecule has 0 bridgehead atoms. The Hall–Kier alpha value is -3.14. The number of rotatable bonds is 3. The van der Waals surface area contributed by atoms with Gasteiger partial charge in [-0.1, -0.05) is 24.3 Å². The van der Waals surface area contributed by atoms with E-state index in [9.17, 15) is 0 Å². The fourth-order valence-electron chi connectivity index (χ4n) is 2.60. The summed E-state index contributed by atoms with van der Waals surface area (Å²) in [5.41, 5.74) is 4.08. The van der Waals surface area contributed by atoms with E-state index in [0.717, 1.165) is 33.7 Å². The van der Waals surface area contributed by atoms with Crippen LogP contribution in [-0.2, 0) is 0 Å². The summed E-state index contributed by atoms with van der Waals surface area (Å²) in [5.74, 6) is 1.60. The highest BCUT2D eigenvalue weighted by Crippen LogP contribution is 2.25. The average Bonchev–Trinajstić information content (AvgIpc) is 2.92. The summed E-state index contributed by atoms with van der Waals surface area (Å²) < 4.78 is 1.77. The molecular weight excluding hydrogens is 286 g/mol. The van der Waals surface area contributed by atoms with Crippen LogP contribution in [0.2, 0.25) is 0 Å². The molecule has 4 heteroatoms. The number of pyridine rings is 1. The van der Waals surface area contributed by atoms with Gasteiger partial charge in [0.15, 0.2) is 5.75 Å². The number of aryl methyl sites for hydroxylation is 1. The Morgan fingerprint density at radius 2 is 1.65 bits per heavy atom. The van der Waals surface area contributed by atoms with E-state index >= 15 is 0 Å². The first-order valence-corrected chi connectivity index (χ1v) is 7.44. The second-order valence-electron chi connectivity index (χ2n) is 5.30. The fraction of sp³-hybridized carbons (Fsp3) is 0.0526. The lowest BCUT2D eigenvalue weighted by Crippen LogP contribution is -2.06. The molecule has 2 aromatic carbocycles. The number of hydrogen-bond donors (Lipinski definition) is 0. The number of imidazole rings is 1. The highest BCUT2D eigenvalue weighted by atomic mass is 16.7. The zero-order valence-electron chi connectivity index (χ0n) is 12.7. The number of hydrogen-bond acceptors (Lipinski definition) is 3. The number of para-hydroxylation sites is 1. The third-order valence-corrected chi connectivity index (χ3v) is 3.72. The first-order chi connectivity index (χ1) is 11.3. The smallest absolute Gasteiger partial charge is 0.155 e. The Balaban J connectivity index is 1.82. The number of fused-ring (bicyclic) bond motifs is 1. The van der Waals surface area contributed by atoms with Gasteiger partial charge >= 0.3 is 0 Å². The Bertz CT molecular complexity index is 946. The normalized spacial score (nSPS) is 10.8. The first kappa shape index (κ1) is 13.5. The van der Waals surface area contributed by atoms with E-state index in [1.807, 2.05) is 55.5 Å². The molecule has 4 nitrogen and oxygen atoms in total. The molecule has 112 valence electrons. The summed E-state index contributed by atoms with van der Waals surface area (Å²) in [6.45, 7) is 1.94. The maximum absolute atomic E-state index is 6.00. The van der Waals surface area contributed by atoms with Gasteiger partial charge in [0.1, 0.15) is 11.3 Å². The molecule has 4 rings (SSSR count). The number of benzene rings is 2. The average molecular weight is 301 g/mol. The zero-order chi connectivity index (χ0) is 15.6. The molecular formula is C19H15N3O.